The molecular formula is C14H28N2O2. The third kappa shape index (κ3) is 6.36. The van der Waals surface area contributed by atoms with Crippen molar-refractivity contribution in [1.82, 2.24) is 10.2 Å². The zero-order chi connectivity index (χ0) is 13.2. The summed E-state index contributed by atoms with van der Waals surface area (Å²) in [6, 6.07) is 0. The number of hydrogen-bond acceptors (Lipinski definition) is 4. The Labute approximate surface area is 111 Å². The van der Waals surface area contributed by atoms with Gasteiger partial charge in [0, 0.05) is 13.0 Å². The summed E-state index contributed by atoms with van der Waals surface area (Å²) in [5.41, 5.74) is 0. The molecule has 0 saturated carbocycles. The Balaban J connectivity index is 2.02. The molecule has 0 aromatic rings. The highest BCUT2D eigenvalue weighted by atomic mass is 16.5. The van der Waals surface area contributed by atoms with E-state index in [1.807, 2.05) is 0 Å². The Kier molecular flexibility index (Phi) is 8.01. The van der Waals surface area contributed by atoms with Gasteiger partial charge >= 0.3 is 5.97 Å². The molecule has 0 unspecified atom stereocenters. The topological polar surface area (TPSA) is 41.6 Å². The van der Waals surface area contributed by atoms with Crippen molar-refractivity contribution >= 4 is 5.97 Å². The Morgan fingerprint density at radius 2 is 1.94 bits per heavy atom. The highest BCUT2D eigenvalue weighted by Gasteiger charge is 2.15. The molecule has 1 aliphatic heterocycles. The maximum atomic E-state index is 11.6. The van der Waals surface area contributed by atoms with E-state index < -0.39 is 0 Å². The number of esters is 1. The fraction of sp³-hybridized carbons (Fsp3) is 0.929. The number of likely N-dealkylation sites (N-methyl/N-ethyl adjacent to an activating group) is 1. The van der Waals surface area contributed by atoms with Crippen LogP contribution in [0.15, 0.2) is 0 Å². The number of piperidine rings is 1. The van der Waals surface area contributed by atoms with Crippen LogP contribution in [0, 0.1) is 5.92 Å². The molecule has 0 atom stereocenters. The minimum absolute atomic E-state index is 0.0271. The van der Waals surface area contributed by atoms with Gasteiger partial charge in [-0.3, -0.25) is 4.79 Å². The molecule has 1 N–H and O–H groups in total. The molecule has 0 bridgehead atoms. The van der Waals surface area contributed by atoms with Gasteiger partial charge in [-0.25, -0.2) is 0 Å². The molecule has 1 fully saturated rings. The van der Waals surface area contributed by atoms with E-state index in [0.29, 0.717) is 18.9 Å². The molecule has 106 valence electrons. The highest BCUT2D eigenvalue weighted by molar-refractivity contribution is 5.69. The van der Waals surface area contributed by atoms with Crippen LogP contribution in [-0.2, 0) is 9.53 Å². The van der Waals surface area contributed by atoms with Crippen molar-refractivity contribution in [3.8, 4) is 0 Å². The van der Waals surface area contributed by atoms with Crippen LogP contribution in [-0.4, -0.2) is 50.2 Å². The maximum absolute atomic E-state index is 11.6. The molecule has 4 nitrogen and oxygen atoms in total. The fourth-order valence-corrected chi connectivity index (χ4v) is 2.39. The van der Waals surface area contributed by atoms with E-state index in [9.17, 15) is 4.79 Å². The van der Waals surface area contributed by atoms with Gasteiger partial charge in [-0.1, -0.05) is 13.8 Å². The molecule has 0 aromatic heterocycles. The second kappa shape index (κ2) is 9.34. The van der Waals surface area contributed by atoms with Gasteiger partial charge in [-0.05, 0) is 51.4 Å². The number of carbonyl (C=O) groups is 1. The van der Waals surface area contributed by atoms with Crippen LogP contribution in [0.25, 0.3) is 0 Å². The molecule has 0 spiro atoms. The van der Waals surface area contributed by atoms with Crippen molar-refractivity contribution in [3.63, 3.8) is 0 Å². The van der Waals surface area contributed by atoms with Crippen LogP contribution in [0.5, 0.6) is 0 Å². The van der Waals surface area contributed by atoms with Gasteiger partial charge < -0.3 is 15.0 Å². The molecule has 0 radical (unpaired) electrons. The summed E-state index contributed by atoms with van der Waals surface area (Å²) in [7, 11) is 0. The monoisotopic (exact) mass is 256 g/mol. The smallest absolute Gasteiger partial charge is 0.305 e. The maximum Gasteiger partial charge on any atom is 0.305 e. The van der Waals surface area contributed by atoms with Crippen LogP contribution >= 0.6 is 0 Å². The van der Waals surface area contributed by atoms with Crippen molar-refractivity contribution < 1.29 is 9.53 Å². The van der Waals surface area contributed by atoms with Crippen molar-refractivity contribution in [2.24, 2.45) is 5.92 Å². The van der Waals surface area contributed by atoms with Gasteiger partial charge in [-0.2, -0.15) is 0 Å². The van der Waals surface area contributed by atoms with Gasteiger partial charge in [0.25, 0.3) is 0 Å². The lowest BCUT2D eigenvalue weighted by atomic mass is 9.93. The molecule has 0 aromatic carbocycles. The summed E-state index contributed by atoms with van der Waals surface area (Å²) in [5.74, 6) is 0.683. The number of nitrogens with zero attached hydrogens (tertiary/aromatic N) is 1. The summed E-state index contributed by atoms with van der Waals surface area (Å²) in [4.78, 5) is 13.9. The molecule has 1 rings (SSSR count). The highest BCUT2D eigenvalue weighted by Crippen LogP contribution is 2.17. The van der Waals surface area contributed by atoms with Crippen molar-refractivity contribution in [3.05, 3.63) is 0 Å². The summed E-state index contributed by atoms with van der Waals surface area (Å²) in [5, 5.41) is 3.34. The van der Waals surface area contributed by atoms with Gasteiger partial charge in [0.1, 0.15) is 6.61 Å². The van der Waals surface area contributed by atoms with Crippen LogP contribution in [0.3, 0.4) is 0 Å². The predicted octanol–water partition coefficient (Wildman–Crippen LogP) is 1.65. The summed E-state index contributed by atoms with van der Waals surface area (Å²) in [6.45, 7) is 9.87. The summed E-state index contributed by atoms with van der Waals surface area (Å²) in [6.07, 6.45) is 3.98. The van der Waals surface area contributed by atoms with E-state index in [4.69, 9.17) is 4.74 Å². The van der Waals surface area contributed by atoms with Crippen LogP contribution in [0.1, 0.15) is 39.5 Å². The molecule has 1 saturated heterocycles. The van der Waals surface area contributed by atoms with E-state index >= 15 is 0 Å². The third-order valence-corrected chi connectivity index (χ3v) is 3.78. The largest absolute Gasteiger partial charge is 0.464 e. The van der Waals surface area contributed by atoms with Gasteiger partial charge in [0.2, 0.25) is 0 Å². The van der Waals surface area contributed by atoms with Crippen LogP contribution in [0.2, 0.25) is 0 Å². The number of hydrogen-bond donors (Lipinski definition) is 1. The Morgan fingerprint density at radius 1 is 1.28 bits per heavy atom. The summed E-state index contributed by atoms with van der Waals surface area (Å²) < 4.78 is 5.27. The number of rotatable bonds is 8. The molecule has 0 amide bonds. The molecule has 18 heavy (non-hydrogen) atoms. The van der Waals surface area contributed by atoms with Crippen LogP contribution < -0.4 is 5.32 Å². The van der Waals surface area contributed by atoms with E-state index in [0.717, 1.165) is 39.1 Å². The van der Waals surface area contributed by atoms with E-state index in [1.165, 1.54) is 12.8 Å². The average Bonchev–Trinajstić information content (AvgIpc) is 2.42. The lowest BCUT2D eigenvalue weighted by Gasteiger charge is -2.22. The summed E-state index contributed by atoms with van der Waals surface area (Å²) >= 11 is 0. The quantitative estimate of drug-likeness (QED) is 0.671. The molecular weight excluding hydrogens is 228 g/mol. The zero-order valence-corrected chi connectivity index (χ0v) is 11.9. The Bertz CT molecular complexity index is 224. The Morgan fingerprint density at radius 3 is 2.56 bits per heavy atom. The molecule has 4 heteroatoms. The second-order valence-electron chi connectivity index (χ2n) is 4.98. The molecule has 0 aliphatic carbocycles. The fourth-order valence-electron chi connectivity index (χ4n) is 2.39. The lowest BCUT2D eigenvalue weighted by Crippen LogP contribution is -2.29. The van der Waals surface area contributed by atoms with Crippen LogP contribution in [0.4, 0.5) is 0 Å². The van der Waals surface area contributed by atoms with Gasteiger partial charge in [-0.15, -0.1) is 0 Å². The van der Waals surface area contributed by atoms with Gasteiger partial charge in [0.15, 0.2) is 0 Å². The Hall–Kier alpha value is -0.610. The minimum Gasteiger partial charge on any atom is -0.464 e. The standard InChI is InChI=1S/C14H28N2O2/c1-3-16(4-2)11-12-18-14(17)6-5-13-7-9-15-10-8-13/h13,15H,3-12H2,1-2H3. The van der Waals surface area contributed by atoms with Gasteiger partial charge in [0.05, 0.1) is 0 Å². The number of carbonyl (C=O) groups excluding carboxylic acids is 1. The third-order valence-electron chi connectivity index (χ3n) is 3.78. The molecule has 1 aliphatic rings. The number of ether oxygens (including phenoxy) is 1. The first-order valence-corrected chi connectivity index (χ1v) is 7.35. The van der Waals surface area contributed by atoms with E-state index in [2.05, 4.69) is 24.1 Å². The van der Waals surface area contributed by atoms with Crippen molar-refractivity contribution in [2.75, 3.05) is 39.3 Å². The first-order chi connectivity index (χ1) is 8.76. The first kappa shape index (κ1) is 15.4. The zero-order valence-electron chi connectivity index (χ0n) is 11.9. The lowest BCUT2D eigenvalue weighted by molar-refractivity contribution is -0.144. The predicted molar refractivity (Wildman–Crippen MR) is 73.6 cm³/mol. The number of nitrogens with one attached hydrogen (secondary N) is 1. The average molecular weight is 256 g/mol. The first-order valence-electron chi connectivity index (χ1n) is 7.35. The van der Waals surface area contributed by atoms with Crippen molar-refractivity contribution in [1.29, 1.82) is 0 Å². The van der Waals surface area contributed by atoms with E-state index in [-0.39, 0.29) is 5.97 Å². The minimum atomic E-state index is -0.0271. The van der Waals surface area contributed by atoms with E-state index in [1.54, 1.807) is 0 Å². The second-order valence-corrected chi connectivity index (χ2v) is 4.98. The molecule has 1 heterocycles. The SMILES string of the molecule is CCN(CC)CCOC(=O)CCC1CCNCC1. The van der Waals surface area contributed by atoms with Crippen molar-refractivity contribution in [2.45, 2.75) is 39.5 Å². The normalized spacial score (nSPS) is 17.1.